The molecule has 0 unspecified atom stereocenters. The molecule has 1 aliphatic heterocycles. The third-order valence-electron chi connectivity index (χ3n) is 3.06. The van der Waals surface area contributed by atoms with Crippen molar-refractivity contribution in [3.8, 4) is 11.5 Å². The van der Waals surface area contributed by atoms with E-state index in [2.05, 4.69) is 20.7 Å². The zero-order valence-corrected chi connectivity index (χ0v) is 14.6. The molecule has 2 aromatic rings. The van der Waals surface area contributed by atoms with Crippen molar-refractivity contribution in [2.24, 2.45) is 0 Å². The molecule has 0 fully saturated rings. The monoisotopic (exact) mass is 421 g/mol. The summed E-state index contributed by atoms with van der Waals surface area (Å²) >= 11 is 8.87. The van der Waals surface area contributed by atoms with E-state index < -0.39 is 15.8 Å². The van der Waals surface area contributed by atoms with Gasteiger partial charge < -0.3 is 9.47 Å². The number of fused-ring (bicyclic) bond motifs is 1. The van der Waals surface area contributed by atoms with Crippen LogP contribution in [-0.4, -0.2) is 21.6 Å². The van der Waals surface area contributed by atoms with Crippen LogP contribution in [0.5, 0.6) is 11.5 Å². The summed E-state index contributed by atoms with van der Waals surface area (Å²) in [7, 11) is -3.92. The Hall–Kier alpha value is -1.51. The van der Waals surface area contributed by atoms with Gasteiger partial charge in [0.15, 0.2) is 11.5 Å². The predicted molar refractivity (Wildman–Crippen MR) is 87.4 cm³/mol. The van der Waals surface area contributed by atoms with Gasteiger partial charge in [0.1, 0.15) is 23.9 Å². The fourth-order valence-electron chi connectivity index (χ4n) is 2.02. The molecule has 2 aromatic carbocycles. The summed E-state index contributed by atoms with van der Waals surface area (Å²) in [6, 6.07) is 6.46. The first-order valence-corrected chi connectivity index (χ1v) is 9.09. The molecule has 0 atom stereocenters. The van der Waals surface area contributed by atoms with E-state index in [1.165, 1.54) is 24.3 Å². The SMILES string of the molecule is O=S(=O)(Nc1ccc(F)c(Cl)c1)c1cc2c(cc1Br)OCCO2. The lowest BCUT2D eigenvalue weighted by Crippen LogP contribution is -2.18. The summed E-state index contributed by atoms with van der Waals surface area (Å²) in [6.07, 6.45) is 0. The van der Waals surface area contributed by atoms with Crippen LogP contribution in [0.4, 0.5) is 10.1 Å². The molecule has 0 bridgehead atoms. The molecule has 122 valence electrons. The number of sulfonamides is 1. The highest BCUT2D eigenvalue weighted by molar-refractivity contribution is 9.10. The van der Waals surface area contributed by atoms with Gasteiger partial charge in [0, 0.05) is 10.5 Å². The van der Waals surface area contributed by atoms with Crippen molar-refractivity contribution in [3.05, 3.63) is 45.6 Å². The Kier molecular flexibility index (Phi) is 4.39. The lowest BCUT2D eigenvalue weighted by Gasteiger charge is -2.20. The minimum absolute atomic E-state index is 0.0257. The van der Waals surface area contributed by atoms with Gasteiger partial charge in [-0.1, -0.05) is 11.6 Å². The maximum Gasteiger partial charge on any atom is 0.263 e. The third kappa shape index (κ3) is 3.39. The van der Waals surface area contributed by atoms with Crippen LogP contribution in [-0.2, 0) is 10.0 Å². The first-order valence-electron chi connectivity index (χ1n) is 6.44. The van der Waals surface area contributed by atoms with Crippen molar-refractivity contribution < 1.29 is 22.3 Å². The number of hydrogen-bond donors (Lipinski definition) is 1. The average Bonchev–Trinajstić information content (AvgIpc) is 2.50. The molecule has 0 aliphatic carbocycles. The van der Waals surface area contributed by atoms with Crippen LogP contribution in [0.25, 0.3) is 0 Å². The van der Waals surface area contributed by atoms with Crippen LogP contribution >= 0.6 is 27.5 Å². The van der Waals surface area contributed by atoms with Gasteiger partial charge in [0.2, 0.25) is 0 Å². The van der Waals surface area contributed by atoms with Crippen LogP contribution in [0.3, 0.4) is 0 Å². The smallest absolute Gasteiger partial charge is 0.263 e. The number of nitrogens with one attached hydrogen (secondary N) is 1. The minimum atomic E-state index is -3.92. The van der Waals surface area contributed by atoms with Crippen molar-refractivity contribution in [2.75, 3.05) is 17.9 Å². The first-order chi connectivity index (χ1) is 10.9. The maximum absolute atomic E-state index is 13.2. The van der Waals surface area contributed by atoms with Crippen LogP contribution in [0.2, 0.25) is 5.02 Å². The Morgan fingerprint density at radius 3 is 2.43 bits per heavy atom. The van der Waals surface area contributed by atoms with Crippen LogP contribution in [0, 0.1) is 5.82 Å². The Labute approximate surface area is 145 Å². The highest BCUT2D eigenvalue weighted by atomic mass is 79.9. The third-order valence-corrected chi connectivity index (χ3v) is 5.69. The lowest BCUT2D eigenvalue weighted by atomic mass is 10.3. The molecule has 23 heavy (non-hydrogen) atoms. The van der Waals surface area contributed by atoms with E-state index in [1.54, 1.807) is 0 Å². The molecule has 1 aliphatic rings. The molecule has 1 N–H and O–H groups in total. The number of anilines is 1. The van der Waals surface area contributed by atoms with Crippen molar-refractivity contribution in [2.45, 2.75) is 4.90 Å². The number of halogens is 3. The largest absolute Gasteiger partial charge is 0.486 e. The van der Waals surface area contributed by atoms with Gasteiger partial charge in [-0.2, -0.15) is 0 Å². The molecule has 0 radical (unpaired) electrons. The normalized spacial score (nSPS) is 13.7. The van der Waals surface area contributed by atoms with Gasteiger partial charge in [-0.15, -0.1) is 0 Å². The minimum Gasteiger partial charge on any atom is -0.486 e. The van der Waals surface area contributed by atoms with Crippen molar-refractivity contribution >= 4 is 43.2 Å². The molecule has 5 nitrogen and oxygen atoms in total. The van der Waals surface area contributed by atoms with Crippen molar-refractivity contribution in [1.82, 2.24) is 0 Å². The van der Waals surface area contributed by atoms with E-state index in [9.17, 15) is 12.8 Å². The highest BCUT2D eigenvalue weighted by Gasteiger charge is 2.23. The molecule has 0 saturated carbocycles. The van der Waals surface area contributed by atoms with Gasteiger partial charge in [0.25, 0.3) is 10.0 Å². The second-order valence-electron chi connectivity index (χ2n) is 4.66. The Morgan fingerprint density at radius 1 is 1.13 bits per heavy atom. The molecule has 9 heteroatoms. The number of rotatable bonds is 3. The van der Waals surface area contributed by atoms with Gasteiger partial charge in [0.05, 0.1) is 10.7 Å². The average molecular weight is 423 g/mol. The summed E-state index contributed by atoms with van der Waals surface area (Å²) < 4.78 is 51.7. The first kappa shape index (κ1) is 16.4. The van der Waals surface area contributed by atoms with Crippen molar-refractivity contribution in [1.29, 1.82) is 0 Å². The molecular formula is C14H10BrClFNO4S. The fourth-order valence-corrected chi connectivity index (χ4v) is 4.29. The molecule has 3 rings (SSSR count). The highest BCUT2D eigenvalue weighted by Crippen LogP contribution is 2.38. The van der Waals surface area contributed by atoms with Crippen molar-refractivity contribution in [3.63, 3.8) is 0 Å². The van der Waals surface area contributed by atoms with E-state index in [0.717, 1.165) is 6.07 Å². The van der Waals surface area contributed by atoms with Gasteiger partial charge in [-0.25, -0.2) is 12.8 Å². The number of ether oxygens (including phenoxy) is 2. The summed E-state index contributed by atoms with van der Waals surface area (Å²) in [5, 5.41) is -0.175. The standard InChI is InChI=1S/C14H10BrClFNO4S/c15-9-6-12-13(22-4-3-21-12)7-14(9)23(19,20)18-8-1-2-11(17)10(16)5-8/h1-2,5-7,18H,3-4H2. The predicted octanol–water partition coefficient (Wildman–Crippen LogP) is 3.81. The molecule has 0 amide bonds. The van der Waals surface area contributed by atoms with Gasteiger partial charge >= 0.3 is 0 Å². The van der Waals surface area contributed by atoms with E-state index in [4.69, 9.17) is 21.1 Å². The topological polar surface area (TPSA) is 64.6 Å². The second-order valence-corrected chi connectivity index (χ2v) is 7.57. The summed E-state index contributed by atoms with van der Waals surface area (Å²) in [6.45, 7) is 0.743. The van der Waals surface area contributed by atoms with Gasteiger partial charge in [-0.3, -0.25) is 4.72 Å². The molecule has 0 spiro atoms. The summed E-state index contributed by atoms with van der Waals surface area (Å²) in [5.74, 6) is 0.180. The fraction of sp³-hybridized carbons (Fsp3) is 0.143. The summed E-state index contributed by atoms with van der Waals surface area (Å²) in [4.78, 5) is -0.0257. The van der Waals surface area contributed by atoms with Gasteiger partial charge in [-0.05, 0) is 40.2 Å². The number of hydrogen-bond acceptors (Lipinski definition) is 4. The lowest BCUT2D eigenvalue weighted by molar-refractivity contribution is 0.171. The molecule has 1 heterocycles. The van der Waals surface area contributed by atoms with E-state index >= 15 is 0 Å². The molecular weight excluding hydrogens is 413 g/mol. The second kappa shape index (κ2) is 6.18. The molecule has 0 saturated heterocycles. The maximum atomic E-state index is 13.2. The van der Waals surface area contributed by atoms with Crippen LogP contribution in [0.1, 0.15) is 0 Å². The zero-order chi connectivity index (χ0) is 16.6. The summed E-state index contributed by atoms with van der Waals surface area (Å²) in [5.41, 5.74) is 0.151. The molecule has 0 aromatic heterocycles. The van der Waals surface area contributed by atoms with E-state index in [-0.39, 0.29) is 15.6 Å². The van der Waals surface area contributed by atoms with E-state index in [0.29, 0.717) is 29.2 Å². The zero-order valence-electron chi connectivity index (χ0n) is 11.5. The van der Waals surface area contributed by atoms with Crippen LogP contribution < -0.4 is 14.2 Å². The Morgan fingerprint density at radius 2 is 1.78 bits per heavy atom. The quantitative estimate of drug-likeness (QED) is 0.817. The van der Waals surface area contributed by atoms with E-state index in [1.807, 2.05) is 0 Å². The number of benzene rings is 2. The Balaban J connectivity index is 1.97. The van der Waals surface area contributed by atoms with Crippen LogP contribution in [0.15, 0.2) is 39.7 Å². The Bertz CT molecular complexity index is 875.